The number of hydrogen-bond donors (Lipinski definition) is 0. The zero-order chi connectivity index (χ0) is 8.27. The highest BCUT2D eigenvalue weighted by Gasteiger charge is 2.20. The van der Waals surface area contributed by atoms with E-state index in [9.17, 15) is 0 Å². The minimum atomic E-state index is 0.881. The molecule has 0 N–H and O–H groups in total. The summed E-state index contributed by atoms with van der Waals surface area (Å²) in [5, 5.41) is 0. The molecular formula is C10H17N. The SMILES string of the molecule is C=CC(=C)N1CCC(CC)C1. The van der Waals surface area contributed by atoms with Crippen LogP contribution in [0.25, 0.3) is 0 Å². The molecule has 0 bridgehead atoms. The molecule has 0 radical (unpaired) electrons. The molecule has 1 atom stereocenters. The third-order valence-electron chi connectivity index (χ3n) is 2.51. The molecule has 1 rings (SSSR count). The van der Waals surface area contributed by atoms with Gasteiger partial charge in [0.25, 0.3) is 0 Å². The lowest BCUT2D eigenvalue weighted by Crippen LogP contribution is -2.17. The van der Waals surface area contributed by atoms with Crippen LogP contribution in [0, 0.1) is 5.92 Å². The second-order valence-electron chi connectivity index (χ2n) is 3.20. The smallest absolute Gasteiger partial charge is 0.0287 e. The van der Waals surface area contributed by atoms with Gasteiger partial charge in [-0.05, 0) is 18.4 Å². The van der Waals surface area contributed by atoms with Crippen molar-refractivity contribution < 1.29 is 0 Å². The van der Waals surface area contributed by atoms with Gasteiger partial charge in [0.1, 0.15) is 0 Å². The van der Waals surface area contributed by atoms with E-state index in [-0.39, 0.29) is 0 Å². The third kappa shape index (κ3) is 1.86. The maximum atomic E-state index is 3.93. The van der Waals surface area contributed by atoms with Gasteiger partial charge in [0.15, 0.2) is 0 Å². The maximum Gasteiger partial charge on any atom is 0.0287 e. The molecule has 0 saturated carbocycles. The molecule has 1 aliphatic rings. The van der Waals surface area contributed by atoms with Crippen LogP contribution < -0.4 is 0 Å². The van der Waals surface area contributed by atoms with Crippen LogP contribution in [-0.2, 0) is 0 Å². The molecule has 1 nitrogen and oxygen atoms in total. The number of allylic oxidation sites excluding steroid dienone is 1. The summed E-state index contributed by atoms with van der Waals surface area (Å²) >= 11 is 0. The van der Waals surface area contributed by atoms with Crippen molar-refractivity contribution in [3.8, 4) is 0 Å². The Hall–Kier alpha value is -0.720. The summed E-state index contributed by atoms with van der Waals surface area (Å²) in [5.74, 6) is 0.881. The predicted molar refractivity (Wildman–Crippen MR) is 49.3 cm³/mol. The quantitative estimate of drug-likeness (QED) is 0.560. The molecule has 0 spiro atoms. The van der Waals surface area contributed by atoms with Gasteiger partial charge < -0.3 is 4.90 Å². The molecule has 0 aromatic heterocycles. The van der Waals surface area contributed by atoms with Crippen molar-refractivity contribution in [2.24, 2.45) is 5.92 Å². The van der Waals surface area contributed by atoms with Gasteiger partial charge in [-0.3, -0.25) is 0 Å². The molecule has 0 amide bonds. The molecule has 0 aliphatic carbocycles. The summed E-state index contributed by atoms with van der Waals surface area (Å²) in [4.78, 5) is 2.32. The lowest BCUT2D eigenvalue weighted by molar-refractivity contribution is 0.413. The van der Waals surface area contributed by atoms with Gasteiger partial charge in [-0.15, -0.1) is 0 Å². The molecule has 0 aromatic carbocycles. The molecular weight excluding hydrogens is 134 g/mol. The highest BCUT2D eigenvalue weighted by molar-refractivity contribution is 5.11. The Morgan fingerprint density at radius 3 is 2.91 bits per heavy atom. The van der Waals surface area contributed by atoms with E-state index in [1.165, 1.54) is 25.9 Å². The molecule has 62 valence electrons. The summed E-state index contributed by atoms with van der Waals surface area (Å²) in [6.45, 7) is 12.3. The first-order valence-electron chi connectivity index (χ1n) is 4.34. The van der Waals surface area contributed by atoms with Gasteiger partial charge in [-0.25, -0.2) is 0 Å². The van der Waals surface area contributed by atoms with Crippen molar-refractivity contribution in [1.29, 1.82) is 0 Å². The van der Waals surface area contributed by atoms with Crippen molar-refractivity contribution in [3.63, 3.8) is 0 Å². The molecule has 1 saturated heterocycles. The largest absolute Gasteiger partial charge is 0.372 e. The topological polar surface area (TPSA) is 3.24 Å². The Bertz CT molecular complexity index is 160. The first-order valence-corrected chi connectivity index (χ1v) is 4.34. The van der Waals surface area contributed by atoms with Crippen LogP contribution in [0.2, 0.25) is 0 Å². The highest BCUT2D eigenvalue weighted by atomic mass is 15.2. The van der Waals surface area contributed by atoms with Crippen molar-refractivity contribution in [3.05, 3.63) is 24.9 Å². The van der Waals surface area contributed by atoms with Crippen molar-refractivity contribution in [2.75, 3.05) is 13.1 Å². The Kier molecular flexibility index (Phi) is 2.75. The second-order valence-corrected chi connectivity index (χ2v) is 3.20. The zero-order valence-electron chi connectivity index (χ0n) is 7.34. The van der Waals surface area contributed by atoms with Crippen LogP contribution in [0.4, 0.5) is 0 Å². The van der Waals surface area contributed by atoms with E-state index in [0.29, 0.717) is 0 Å². The fourth-order valence-electron chi connectivity index (χ4n) is 1.56. The molecule has 11 heavy (non-hydrogen) atoms. The summed E-state index contributed by atoms with van der Waals surface area (Å²) in [6, 6.07) is 0. The van der Waals surface area contributed by atoms with E-state index in [4.69, 9.17) is 0 Å². The normalized spacial score (nSPS) is 23.7. The van der Waals surface area contributed by atoms with Gasteiger partial charge >= 0.3 is 0 Å². The van der Waals surface area contributed by atoms with Crippen LogP contribution >= 0.6 is 0 Å². The van der Waals surface area contributed by atoms with Gasteiger partial charge in [-0.2, -0.15) is 0 Å². The van der Waals surface area contributed by atoms with Crippen molar-refractivity contribution in [1.82, 2.24) is 4.90 Å². The molecule has 1 heteroatoms. The van der Waals surface area contributed by atoms with E-state index in [2.05, 4.69) is 25.0 Å². The van der Waals surface area contributed by atoms with Crippen LogP contribution in [0.5, 0.6) is 0 Å². The van der Waals surface area contributed by atoms with Crippen LogP contribution in [0.1, 0.15) is 19.8 Å². The average Bonchev–Trinajstić information content (AvgIpc) is 2.50. The summed E-state index contributed by atoms with van der Waals surface area (Å²) in [7, 11) is 0. The Morgan fingerprint density at radius 2 is 2.45 bits per heavy atom. The first-order chi connectivity index (χ1) is 5.27. The summed E-state index contributed by atoms with van der Waals surface area (Å²) in [5.41, 5.74) is 1.08. The lowest BCUT2D eigenvalue weighted by Gasteiger charge is -2.17. The standard InChI is InChI=1S/C10H17N/c1-4-9(3)11-7-6-10(5-2)8-11/h4,10H,1,3,5-8H2,2H3. The minimum Gasteiger partial charge on any atom is -0.372 e. The number of likely N-dealkylation sites (tertiary alicyclic amines) is 1. The van der Waals surface area contributed by atoms with E-state index >= 15 is 0 Å². The number of rotatable bonds is 3. The van der Waals surface area contributed by atoms with E-state index in [0.717, 1.165) is 11.6 Å². The monoisotopic (exact) mass is 151 g/mol. The fourth-order valence-corrected chi connectivity index (χ4v) is 1.56. The molecule has 1 fully saturated rings. The van der Waals surface area contributed by atoms with Crippen LogP contribution in [0.3, 0.4) is 0 Å². The zero-order valence-corrected chi connectivity index (χ0v) is 7.34. The average molecular weight is 151 g/mol. The van der Waals surface area contributed by atoms with Crippen LogP contribution in [0.15, 0.2) is 24.9 Å². The van der Waals surface area contributed by atoms with E-state index < -0.39 is 0 Å². The van der Waals surface area contributed by atoms with Gasteiger partial charge in [0.05, 0.1) is 0 Å². The van der Waals surface area contributed by atoms with Gasteiger partial charge in [0.2, 0.25) is 0 Å². The van der Waals surface area contributed by atoms with Crippen LogP contribution in [-0.4, -0.2) is 18.0 Å². The van der Waals surface area contributed by atoms with E-state index in [1.807, 2.05) is 6.08 Å². The van der Waals surface area contributed by atoms with Crippen molar-refractivity contribution in [2.45, 2.75) is 19.8 Å². The lowest BCUT2D eigenvalue weighted by atomic mass is 10.1. The van der Waals surface area contributed by atoms with Crippen molar-refractivity contribution >= 4 is 0 Å². The molecule has 1 heterocycles. The minimum absolute atomic E-state index is 0.881. The highest BCUT2D eigenvalue weighted by Crippen LogP contribution is 2.21. The maximum absolute atomic E-state index is 3.93. The van der Waals surface area contributed by atoms with Gasteiger partial charge in [-0.1, -0.05) is 26.5 Å². The second kappa shape index (κ2) is 3.61. The molecule has 0 aromatic rings. The summed E-state index contributed by atoms with van der Waals surface area (Å²) < 4.78 is 0. The molecule has 1 unspecified atom stereocenters. The van der Waals surface area contributed by atoms with Gasteiger partial charge in [0, 0.05) is 18.8 Å². The number of hydrogen-bond acceptors (Lipinski definition) is 1. The number of nitrogens with zero attached hydrogens (tertiary/aromatic N) is 1. The molecule has 1 aliphatic heterocycles. The third-order valence-corrected chi connectivity index (χ3v) is 2.51. The summed E-state index contributed by atoms with van der Waals surface area (Å²) in [6.07, 6.45) is 4.46. The Morgan fingerprint density at radius 1 is 1.73 bits per heavy atom. The fraction of sp³-hybridized carbons (Fsp3) is 0.600. The Labute approximate surface area is 69.4 Å². The first kappa shape index (κ1) is 8.38. The Balaban J connectivity index is 2.41. The predicted octanol–water partition coefficient (Wildman–Crippen LogP) is 2.42. The van der Waals surface area contributed by atoms with E-state index in [1.54, 1.807) is 0 Å².